The molecular weight excluding hydrogens is 376 g/mol. The summed E-state index contributed by atoms with van der Waals surface area (Å²) >= 11 is 0. The Morgan fingerprint density at radius 2 is 1.83 bits per heavy atom. The number of nitrogens with one attached hydrogen (secondary N) is 2. The van der Waals surface area contributed by atoms with Crippen molar-refractivity contribution in [3.8, 4) is 0 Å². The Labute approximate surface area is 171 Å². The summed E-state index contributed by atoms with van der Waals surface area (Å²) in [4.78, 5) is 36.0. The molecule has 8 nitrogen and oxygen atoms in total. The molecule has 0 heterocycles. The van der Waals surface area contributed by atoms with Crippen LogP contribution in [0.25, 0.3) is 0 Å². The van der Waals surface area contributed by atoms with E-state index in [2.05, 4.69) is 10.6 Å². The highest BCUT2D eigenvalue weighted by molar-refractivity contribution is 5.85. The maximum Gasteiger partial charge on any atom is 0.407 e. The third-order valence-electron chi connectivity index (χ3n) is 5.01. The van der Waals surface area contributed by atoms with E-state index in [9.17, 15) is 19.5 Å². The van der Waals surface area contributed by atoms with Crippen molar-refractivity contribution in [2.24, 2.45) is 5.92 Å². The van der Waals surface area contributed by atoms with Gasteiger partial charge in [-0.3, -0.25) is 4.79 Å². The van der Waals surface area contributed by atoms with Gasteiger partial charge in [-0.15, -0.1) is 0 Å². The van der Waals surface area contributed by atoms with E-state index in [1.54, 1.807) is 0 Å². The Morgan fingerprint density at radius 3 is 2.48 bits per heavy atom. The quantitative estimate of drug-likeness (QED) is 0.540. The molecule has 0 unspecified atom stereocenters. The third-order valence-corrected chi connectivity index (χ3v) is 5.01. The number of amides is 2. The number of rotatable bonds is 9. The number of carbonyl (C=O) groups is 3. The van der Waals surface area contributed by atoms with Crippen molar-refractivity contribution < 1.29 is 29.0 Å². The van der Waals surface area contributed by atoms with Crippen molar-refractivity contribution in [1.82, 2.24) is 10.6 Å². The summed E-state index contributed by atoms with van der Waals surface area (Å²) in [5.41, 5.74) is 0.846. The van der Waals surface area contributed by atoms with E-state index in [1.165, 1.54) is 7.11 Å². The molecule has 29 heavy (non-hydrogen) atoms. The summed E-state index contributed by atoms with van der Waals surface area (Å²) in [6.45, 7) is -0.0151. The molecule has 160 valence electrons. The molecule has 0 radical (unpaired) electrons. The number of aliphatic hydroxyl groups excluding tert-OH is 1. The highest BCUT2D eigenvalue weighted by atomic mass is 16.5. The van der Waals surface area contributed by atoms with Crippen LogP contribution in [0.15, 0.2) is 30.3 Å². The van der Waals surface area contributed by atoms with Gasteiger partial charge in [-0.05, 0) is 24.3 Å². The summed E-state index contributed by atoms with van der Waals surface area (Å²) in [6, 6.07) is 8.50. The van der Waals surface area contributed by atoms with Gasteiger partial charge in [0.1, 0.15) is 12.6 Å². The minimum Gasteiger partial charge on any atom is -0.467 e. The van der Waals surface area contributed by atoms with E-state index in [1.807, 2.05) is 30.3 Å². The first-order valence-electron chi connectivity index (χ1n) is 9.99. The number of ether oxygens (including phenoxy) is 2. The molecule has 1 aliphatic rings. The zero-order valence-corrected chi connectivity index (χ0v) is 16.8. The first kappa shape index (κ1) is 22.7. The molecule has 0 aromatic heterocycles. The number of alkyl carbamates (subject to hydrolysis) is 1. The molecule has 1 saturated carbocycles. The zero-order chi connectivity index (χ0) is 21.1. The molecule has 0 saturated heterocycles. The Morgan fingerprint density at radius 1 is 1.14 bits per heavy atom. The fraction of sp³-hybridized carbons (Fsp3) is 0.571. The Bertz CT molecular complexity index is 660. The summed E-state index contributed by atoms with van der Waals surface area (Å²) < 4.78 is 9.87. The van der Waals surface area contributed by atoms with Gasteiger partial charge in [0.15, 0.2) is 0 Å². The number of methoxy groups -OCH3 is 1. The van der Waals surface area contributed by atoms with Crippen LogP contribution in [-0.2, 0) is 25.7 Å². The molecule has 2 atom stereocenters. The van der Waals surface area contributed by atoms with Gasteiger partial charge in [0.2, 0.25) is 5.91 Å². The monoisotopic (exact) mass is 406 g/mol. The van der Waals surface area contributed by atoms with Crippen molar-refractivity contribution in [3.63, 3.8) is 0 Å². The lowest BCUT2D eigenvalue weighted by Gasteiger charge is -2.29. The number of benzene rings is 1. The topological polar surface area (TPSA) is 114 Å². The molecule has 0 spiro atoms. The van der Waals surface area contributed by atoms with Crippen LogP contribution in [0.3, 0.4) is 0 Å². The van der Waals surface area contributed by atoms with Gasteiger partial charge in [0, 0.05) is 6.54 Å². The standard InChI is InChI=1S/C21H30N2O6/c1-28-20(26)19(16-10-6-3-7-11-16)23-18(25)12-17(24)13-22-21(27)29-14-15-8-4-2-5-9-15/h2,4-5,8-9,16-17,19,24H,3,6-7,10-14H2,1H3,(H,22,27)(H,23,25)/t17-,19+/m0/s1. The normalized spacial score (nSPS) is 16.3. The number of hydrogen-bond donors (Lipinski definition) is 3. The highest BCUT2D eigenvalue weighted by Gasteiger charge is 2.32. The SMILES string of the molecule is COC(=O)[C@H](NC(=O)C[C@H](O)CNC(=O)OCc1ccccc1)C1CCCCC1. The molecule has 2 amide bonds. The van der Waals surface area contributed by atoms with Crippen LogP contribution < -0.4 is 10.6 Å². The molecule has 0 bridgehead atoms. The summed E-state index contributed by atoms with van der Waals surface area (Å²) in [5, 5.41) is 15.1. The van der Waals surface area contributed by atoms with E-state index in [-0.39, 0.29) is 25.5 Å². The van der Waals surface area contributed by atoms with Gasteiger partial charge >= 0.3 is 12.1 Å². The number of aliphatic hydroxyl groups is 1. The second-order valence-electron chi connectivity index (χ2n) is 7.27. The van der Waals surface area contributed by atoms with Crippen molar-refractivity contribution in [1.29, 1.82) is 0 Å². The van der Waals surface area contributed by atoms with Crippen LogP contribution >= 0.6 is 0 Å². The van der Waals surface area contributed by atoms with Crippen LogP contribution in [0, 0.1) is 5.92 Å². The van der Waals surface area contributed by atoms with Crippen LogP contribution in [-0.4, -0.2) is 48.9 Å². The molecule has 1 aliphatic carbocycles. The zero-order valence-electron chi connectivity index (χ0n) is 16.8. The lowest BCUT2D eigenvalue weighted by molar-refractivity contribution is -0.147. The fourth-order valence-electron chi connectivity index (χ4n) is 3.46. The van der Waals surface area contributed by atoms with Crippen LogP contribution in [0.2, 0.25) is 0 Å². The molecule has 8 heteroatoms. The summed E-state index contributed by atoms with van der Waals surface area (Å²) in [6.07, 6.45) is 2.88. The largest absolute Gasteiger partial charge is 0.467 e. The van der Waals surface area contributed by atoms with Crippen molar-refractivity contribution in [2.45, 2.75) is 57.3 Å². The van der Waals surface area contributed by atoms with Gasteiger partial charge in [0.05, 0.1) is 19.6 Å². The predicted octanol–water partition coefficient (Wildman–Crippen LogP) is 1.90. The molecule has 3 N–H and O–H groups in total. The second-order valence-corrected chi connectivity index (χ2v) is 7.27. The van der Waals surface area contributed by atoms with Crippen LogP contribution in [0.1, 0.15) is 44.1 Å². The third kappa shape index (κ3) is 8.11. The van der Waals surface area contributed by atoms with Crippen molar-refractivity contribution in [3.05, 3.63) is 35.9 Å². The number of carbonyl (C=O) groups excluding carboxylic acids is 3. The summed E-state index contributed by atoms with van der Waals surface area (Å²) in [7, 11) is 1.30. The first-order valence-corrected chi connectivity index (χ1v) is 9.99. The Kier molecular flexibility index (Phi) is 9.43. The average Bonchev–Trinajstić information content (AvgIpc) is 2.75. The predicted molar refractivity (Wildman–Crippen MR) is 106 cm³/mol. The summed E-state index contributed by atoms with van der Waals surface area (Å²) in [5.74, 6) is -0.885. The minimum atomic E-state index is -1.09. The smallest absolute Gasteiger partial charge is 0.407 e. The van der Waals surface area contributed by atoms with Gasteiger partial charge in [-0.25, -0.2) is 9.59 Å². The second kappa shape index (κ2) is 12.1. The maximum atomic E-state index is 12.3. The Balaban J connectivity index is 1.72. The molecular formula is C21H30N2O6. The van der Waals surface area contributed by atoms with E-state index >= 15 is 0 Å². The average molecular weight is 406 g/mol. The molecule has 1 aromatic rings. The van der Waals surface area contributed by atoms with Crippen molar-refractivity contribution >= 4 is 18.0 Å². The van der Waals surface area contributed by atoms with E-state index in [0.717, 1.165) is 37.7 Å². The molecule has 0 aliphatic heterocycles. The Hall–Kier alpha value is -2.61. The van der Waals surface area contributed by atoms with Gasteiger partial charge < -0.3 is 25.2 Å². The number of esters is 1. The number of hydrogen-bond acceptors (Lipinski definition) is 6. The van der Waals surface area contributed by atoms with Crippen LogP contribution in [0.5, 0.6) is 0 Å². The van der Waals surface area contributed by atoms with Crippen molar-refractivity contribution in [2.75, 3.05) is 13.7 Å². The first-order chi connectivity index (χ1) is 14.0. The minimum absolute atomic E-state index is 0.0448. The lowest BCUT2D eigenvalue weighted by atomic mass is 9.84. The van der Waals surface area contributed by atoms with E-state index < -0.39 is 30.1 Å². The van der Waals surface area contributed by atoms with Gasteiger partial charge in [-0.1, -0.05) is 49.6 Å². The van der Waals surface area contributed by atoms with Gasteiger partial charge in [-0.2, -0.15) is 0 Å². The van der Waals surface area contributed by atoms with E-state index in [0.29, 0.717) is 0 Å². The lowest BCUT2D eigenvalue weighted by Crippen LogP contribution is -2.48. The van der Waals surface area contributed by atoms with Gasteiger partial charge in [0.25, 0.3) is 0 Å². The van der Waals surface area contributed by atoms with Crippen LogP contribution in [0.4, 0.5) is 4.79 Å². The molecule has 1 fully saturated rings. The highest BCUT2D eigenvalue weighted by Crippen LogP contribution is 2.27. The molecule has 2 rings (SSSR count). The van der Waals surface area contributed by atoms with E-state index in [4.69, 9.17) is 9.47 Å². The fourth-order valence-corrected chi connectivity index (χ4v) is 3.46. The maximum absolute atomic E-state index is 12.3. The molecule has 1 aromatic carbocycles.